The quantitative estimate of drug-likeness (QED) is 0.771. The Morgan fingerprint density at radius 1 is 1.50 bits per heavy atom. The van der Waals surface area contributed by atoms with Gasteiger partial charge in [0.1, 0.15) is 12.4 Å². The lowest BCUT2D eigenvalue weighted by Crippen LogP contribution is -2.30. The number of aryl methyl sites for hydroxylation is 1. The van der Waals surface area contributed by atoms with Gasteiger partial charge in [0.15, 0.2) is 0 Å². The highest BCUT2D eigenvalue weighted by molar-refractivity contribution is 9.10. The molecule has 0 saturated carbocycles. The number of halogens is 2. The van der Waals surface area contributed by atoms with E-state index in [4.69, 9.17) is 11.6 Å². The van der Waals surface area contributed by atoms with Gasteiger partial charge in [0.2, 0.25) is 5.91 Å². The average Bonchev–Trinajstić information content (AvgIpc) is 2.75. The Morgan fingerprint density at radius 3 is 2.90 bits per heavy atom. The van der Waals surface area contributed by atoms with Gasteiger partial charge in [-0.25, -0.2) is 4.98 Å². The third-order valence-corrected chi connectivity index (χ3v) is 3.98. The van der Waals surface area contributed by atoms with E-state index in [1.807, 2.05) is 29.7 Å². The number of carbonyl (C=O) groups excluding carboxylic acids is 1. The molecule has 20 heavy (non-hydrogen) atoms. The van der Waals surface area contributed by atoms with Crippen LogP contribution in [-0.4, -0.2) is 39.8 Å². The van der Waals surface area contributed by atoms with Crippen molar-refractivity contribution in [2.75, 3.05) is 19.5 Å². The summed E-state index contributed by atoms with van der Waals surface area (Å²) in [5.41, 5.74) is 1.85. The molecule has 1 heterocycles. The fourth-order valence-corrected chi connectivity index (χ4v) is 2.55. The molecule has 0 spiro atoms. The summed E-state index contributed by atoms with van der Waals surface area (Å²) in [4.78, 5) is 18.4. The molecule has 0 aliphatic rings. The Labute approximate surface area is 131 Å². The number of aromatic nitrogens is 2. The molecule has 108 valence electrons. The molecule has 0 radical (unpaired) electrons. The Morgan fingerprint density at radius 2 is 2.25 bits per heavy atom. The number of hydrogen-bond acceptors (Lipinski definition) is 2. The van der Waals surface area contributed by atoms with Crippen LogP contribution in [0.4, 0.5) is 0 Å². The van der Waals surface area contributed by atoms with Crippen LogP contribution >= 0.6 is 27.5 Å². The maximum Gasteiger partial charge on any atom is 0.242 e. The van der Waals surface area contributed by atoms with Gasteiger partial charge in [0.25, 0.3) is 0 Å². The van der Waals surface area contributed by atoms with Gasteiger partial charge >= 0.3 is 0 Å². The molecule has 0 bridgehead atoms. The van der Waals surface area contributed by atoms with Gasteiger partial charge in [-0.1, -0.05) is 15.9 Å². The van der Waals surface area contributed by atoms with Crippen LogP contribution in [0.1, 0.15) is 12.7 Å². The first-order valence-electron chi connectivity index (χ1n) is 6.51. The molecule has 0 saturated heterocycles. The molecular weight excluding hydrogens is 342 g/mol. The molecule has 0 N–H and O–H groups in total. The van der Waals surface area contributed by atoms with E-state index in [9.17, 15) is 4.79 Å². The molecule has 2 aromatic rings. The van der Waals surface area contributed by atoms with Crippen molar-refractivity contribution in [3.05, 3.63) is 28.5 Å². The van der Waals surface area contributed by atoms with E-state index in [0.717, 1.165) is 21.3 Å². The van der Waals surface area contributed by atoms with Crippen LogP contribution in [0.5, 0.6) is 0 Å². The second-order valence-electron chi connectivity index (χ2n) is 4.59. The standard InChI is InChI=1S/C14H17BrClN3O/c1-3-18(2)14(20)9-19-12-5-4-10(15)8-11(12)17-13(19)6-7-16/h4-5,8H,3,6-7,9H2,1-2H3. The van der Waals surface area contributed by atoms with Crippen molar-refractivity contribution in [1.82, 2.24) is 14.5 Å². The van der Waals surface area contributed by atoms with Gasteiger partial charge in [0, 0.05) is 30.4 Å². The Kier molecular flexibility index (Phi) is 5.05. The topological polar surface area (TPSA) is 38.1 Å². The Hall–Kier alpha value is -1.07. The smallest absolute Gasteiger partial charge is 0.242 e. The highest BCUT2D eigenvalue weighted by Crippen LogP contribution is 2.21. The maximum atomic E-state index is 12.1. The summed E-state index contributed by atoms with van der Waals surface area (Å²) in [5, 5.41) is 0. The number of imidazole rings is 1. The number of alkyl halides is 1. The fourth-order valence-electron chi connectivity index (χ4n) is 2.04. The van der Waals surface area contributed by atoms with Crippen LogP contribution in [0.3, 0.4) is 0 Å². The number of hydrogen-bond donors (Lipinski definition) is 0. The van der Waals surface area contributed by atoms with Crippen molar-refractivity contribution in [2.24, 2.45) is 0 Å². The predicted molar refractivity (Wildman–Crippen MR) is 85.2 cm³/mol. The van der Waals surface area contributed by atoms with E-state index in [1.165, 1.54) is 0 Å². The summed E-state index contributed by atoms with van der Waals surface area (Å²) in [6.07, 6.45) is 0.650. The Balaban J connectivity index is 2.43. The first-order valence-corrected chi connectivity index (χ1v) is 7.84. The number of fused-ring (bicyclic) bond motifs is 1. The van der Waals surface area contributed by atoms with Gasteiger partial charge in [0.05, 0.1) is 11.0 Å². The molecule has 4 nitrogen and oxygen atoms in total. The van der Waals surface area contributed by atoms with Crippen LogP contribution in [-0.2, 0) is 17.8 Å². The highest BCUT2D eigenvalue weighted by atomic mass is 79.9. The highest BCUT2D eigenvalue weighted by Gasteiger charge is 2.15. The van der Waals surface area contributed by atoms with Crippen LogP contribution in [0.2, 0.25) is 0 Å². The van der Waals surface area contributed by atoms with Crippen LogP contribution in [0.25, 0.3) is 11.0 Å². The molecule has 1 aromatic heterocycles. The molecule has 0 atom stereocenters. The largest absolute Gasteiger partial charge is 0.344 e. The molecule has 0 fully saturated rings. The summed E-state index contributed by atoms with van der Waals surface area (Å²) in [6, 6.07) is 5.89. The van der Waals surface area contributed by atoms with Crippen LogP contribution in [0, 0.1) is 0 Å². The minimum Gasteiger partial charge on any atom is -0.344 e. The third-order valence-electron chi connectivity index (χ3n) is 3.30. The number of nitrogens with zero attached hydrogens (tertiary/aromatic N) is 3. The maximum absolute atomic E-state index is 12.1. The number of benzene rings is 1. The van der Waals surface area contributed by atoms with E-state index >= 15 is 0 Å². The molecule has 2 rings (SSSR count). The van der Waals surface area contributed by atoms with Crippen molar-refractivity contribution >= 4 is 44.5 Å². The Bertz CT molecular complexity index is 626. The monoisotopic (exact) mass is 357 g/mol. The molecule has 1 aromatic carbocycles. The van der Waals surface area contributed by atoms with Crippen LogP contribution in [0.15, 0.2) is 22.7 Å². The predicted octanol–water partition coefficient (Wildman–Crippen LogP) is 3.06. The summed E-state index contributed by atoms with van der Waals surface area (Å²) < 4.78 is 2.93. The summed E-state index contributed by atoms with van der Waals surface area (Å²) in [7, 11) is 1.80. The van der Waals surface area contributed by atoms with Crippen molar-refractivity contribution in [3.63, 3.8) is 0 Å². The van der Waals surface area contributed by atoms with E-state index in [-0.39, 0.29) is 5.91 Å². The summed E-state index contributed by atoms with van der Waals surface area (Å²) >= 11 is 9.28. The summed E-state index contributed by atoms with van der Waals surface area (Å²) in [6.45, 7) is 2.96. The molecule has 0 aliphatic heterocycles. The molecular formula is C14H17BrClN3O. The lowest BCUT2D eigenvalue weighted by atomic mass is 10.3. The van der Waals surface area contributed by atoms with Gasteiger partial charge in [-0.05, 0) is 25.1 Å². The minimum atomic E-state index is 0.0746. The molecule has 6 heteroatoms. The molecule has 0 unspecified atom stereocenters. The lowest BCUT2D eigenvalue weighted by molar-refractivity contribution is -0.130. The second-order valence-corrected chi connectivity index (χ2v) is 5.89. The number of likely N-dealkylation sites (N-methyl/N-ethyl adjacent to an activating group) is 1. The van der Waals surface area contributed by atoms with Crippen LogP contribution < -0.4 is 0 Å². The van der Waals surface area contributed by atoms with E-state index in [2.05, 4.69) is 20.9 Å². The van der Waals surface area contributed by atoms with E-state index < -0.39 is 0 Å². The molecule has 0 aliphatic carbocycles. The molecule has 1 amide bonds. The lowest BCUT2D eigenvalue weighted by Gasteiger charge is -2.16. The van der Waals surface area contributed by atoms with E-state index in [0.29, 0.717) is 25.4 Å². The fraction of sp³-hybridized carbons (Fsp3) is 0.429. The normalized spacial score (nSPS) is 11.0. The summed E-state index contributed by atoms with van der Waals surface area (Å²) in [5.74, 6) is 1.42. The van der Waals surface area contributed by atoms with Crippen molar-refractivity contribution < 1.29 is 4.79 Å². The number of amides is 1. The van der Waals surface area contributed by atoms with Crippen molar-refractivity contribution in [2.45, 2.75) is 19.9 Å². The van der Waals surface area contributed by atoms with E-state index in [1.54, 1.807) is 11.9 Å². The van der Waals surface area contributed by atoms with Crippen molar-refractivity contribution in [3.8, 4) is 0 Å². The van der Waals surface area contributed by atoms with Gasteiger partial charge in [-0.2, -0.15) is 0 Å². The minimum absolute atomic E-state index is 0.0746. The first kappa shape index (κ1) is 15.3. The number of rotatable bonds is 5. The average molecular weight is 359 g/mol. The zero-order chi connectivity index (χ0) is 14.7. The zero-order valence-corrected chi connectivity index (χ0v) is 13.9. The zero-order valence-electron chi connectivity index (χ0n) is 11.6. The second kappa shape index (κ2) is 6.59. The first-order chi connectivity index (χ1) is 9.56. The van der Waals surface area contributed by atoms with Gasteiger partial charge in [-0.15, -0.1) is 11.6 Å². The van der Waals surface area contributed by atoms with Gasteiger partial charge in [-0.3, -0.25) is 4.79 Å². The van der Waals surface area contributed by atoms with Crippen molar-refractivity contribution in [1.29, 1.82) is 0 Å². The SMILES string of the molecule is CCN(C)C(=O)Cn1c(CCCl)nc2cc(Br)ccc21. The van der Waals surface area contributed by atoms with Gasteiger partial charge < -0.3 is 9.47 Å². The number of carbonyl (C=O) groups is 1. The third kappa shape index (κ3) is 3.15.